The maximum absolute atomic E-state index is 12.3. The van der Waals surface area contributed by atoms with Gasteiger partial charge in [0.15, 0.2) is 5.13 Å². The number of benzene rings is 2. The van der Waals surface area contributed by atoms with E-state index in [0.717, 1.165) is 28.0 Å². The first-order valence-electron chi connectivity index (χ1n) is 9.95. The zero-order valence-corrected chi connectivity index (χ0v) is 17.7. The first kappa shape index (κ1) is 20.6. The number of nitrogens with one attached hydrogen (secondary N) is 2. The lowest BCUT2D eigenvalue weighted by molar-refractivity contribution is -0.116. The van der Waals surface area contributed by atoms with Crippen LogP contribution in [0.15, 0.2) is 71.2 Å². The quantitative estimate of drug-likeness (QED) is 0.354. The number of carbonyl (C=O) groups is 2. The average Bonchev–Trinajstić information content (AvgIpc) is 3.39. The second kappa shape index (κ2) is 9.40. The molecule has 31 heavy (non-hydrogen) atoms. The first-order chi connectivity index (χ1) is 15.1. The van der Waals surface area contributed by atoms with Crippen molar-refractivity contribution in [3.63, 3.8) is 0 Å². The van der Waals surface area contributed by atoms with Gasteiger partial charge in [0.25, 0.3) is 0 Å². The summed E-state index contributed by atoms with van der Waals surface area (Å²) in [5, 5.41) is 6.20. The molecule has 0 fully saturated rings. The van der Waals surface area contributed by atoms with Gasteiger partial charge >= 0.3 is 0 Å². The number of aromatic nitrogens is 1. The monoisotopic (exact) mass is 431 g/mol. The summed E-state index contributed by atoms with van der Waals surface area (Å²) < 4.78 is 6.65. The number of thiazole rings is 1. The Balaban J connectivity index is 1.40. The SMILES string of the molecule is CCCC(=O)Nc1nc2ccc(NC(=O)/C=C/c3ccc(-c4ccccc4)o3)cc2s1. The molecule has 0 unspecified atom stereocenters. The molecule has 6 nitrogen and oxygen atoms in total. The minimum absolute atomic E-state index is 0.0476. The van der Waals surface area contributed by atoms with Gasteiger partial charge in [0.2, 0.25) is 11.8 Å². The molecule has 2 aromatic heterocycles. The van der Waals surface area contributed by atoms with Gasteiger partial charge in [-0.2, -0.15) is 0 Å². The fourth-order valence-corrected chi connectivity index (χ4v) is 3.93. The van der Waals surface area contributed by atoms with Crippen LogP contribution in [-0.2, 0) is 9.59 Å². The van der Waals surface area contributed by atoms with E-state index in [2.05, 4.69) is 15.6 Å². The Labute approximate surface area is 183 Å². The van der Waals surface area contributed by atoms with Gasteiger partial charge in [-0.05, 0) is 42.8 Å². The molecule has 0 aliphatic heterocycles. The zero-order valence-electron chi connectivity index (χ0n) is 16.9. The molecule has 0 radical (unpaired) electrons. The van der Waals surface area contributed by atoms with Crippen LogP contribution < -0.4 is 10.6 Å². The summed E-state index contributed by atoms with van der Waals surface area (Å²) in [6.45, 7) is 1.95. The van der Waals surface area contributed by atoms with Crippen LogP contribution >= 0.6 is 11.3 Å². The molecule has 4 aromatic rings. The molecular weight excluding hydrogens is 410 g/mol. The normalized spacial score (nSPS) is 11.1. The largest absolute Gasteiger partial charge is 0.457 e. The van der Waals surface area contributed by atoms with E-state index in [9.17, 15) is 9.59 Å². The van der Waals surface area contributed by atoms with Gasteiger partial charge in [0.05, 0.1) is 10.2 Å². The van der Waals surface area contributed by atoms with Crippen LogP contribution in [0.1, 0.15) is 25.5 Å². The third kappa shape index (κ3) is 5.26. The lowest BCUT2D eigenvalue weighted by atomic mass is 10.2. The van der Waals surface area contributed by atoms with Gasteiger partial charge in [0.1, 0.15) is 11.5 Å². The minimum Gasteiger partial charge on any atom is -0.457 e. The summed E-state index contributed by atoms with van der Waals surface area (Å²) in [4.78, 5) is 28.5. The minimum atomic E-state index is -0.266. The molecule has 0 aliphatic rings. The molecule has 2 aromatic carbocycles. The first-order valence-corrected chi connectivity index (χ1v) is 10.8. The van der Waals surface area contributed by atoms with Crippen molar-refractivity contribution in [3.05, 3.63) is 72.5 Å². The molecule has 4 rings (SSSR count). The van der Waals surface area contributed by atoms with Gasteiger partial charge in [-0.25, -0.2) is 4.98 Å². The number of rotatable bonds is 7. The van der Waals surface area contributed by atoms with Crippen molar-refractivity contribution in [2.45, 2.75) is 19.8 Å². The number of hydrogen-bond donors (Lipinski definition) is 2. The van der Waals surface area contributed by atoms with E-state index in [1.807, 2.05) is 61.5 Å². The van der Waals surface area contributed by atoms with Crippen LogP contribution in [0.5, 0.6) is 0 Å². The van der Waals surface area contributed by atoms with Crippen molar-refractivity contribution in [2.75, 3.05) is 10.6 Å². The number of nitrogens with zero attached hydrogens (tertiary/aromatic N) is 1. The van der Waals surface area contributed by atoms with E-state index in [1.54, 1.807) is 12.1 Å². The highest BCUT2D eigenvalue weighted by molar-refractivity contribution is 7.22. The van der Waals surface area contributed by atoms with Crippen LogP contribution in [0.3, 0.4) is 0 Å². The molecule has 0 aliphatic carbocycles. The third-order valence-electron chi connectivity index (χ3n) is 4.46. The Morgan fingerprint density at radius 3 is 2.71 bits per heavy atom. The predicted molar refractivity (Wildman–Crippen MR) is 125 cm³/mol. The predicted octanol–water partition coefficient (Wildman–Crippen LogP) is 5.95. The van der Waals surface area contributed by atoms with E-state index in [1.165, 1.54) is 17.4 Å². The van der Waals surface area contributed by atoms with Gasteiger partial charge in [-0.1, -0.05) is 48.6 Å². The smallest absolute Gasteiger partial charge is 0.248 e. The number of furan rings is 1. The van der Waals surface area contributed by atoms with Crippen molar-refractivity contribution in [3.8, 4) is 11.3 Å². The van der Waals surface area contributed by atoms with Gasteiger partial charge in [-0.15, -0.1) is 0 Å². The summed E-state index contributed by atoms with van der Waals surface area (Å²) in [6, 6.07) is 18.9. The second-order valence-electron chi connectivity index (χ2n) is 6.89. The molecule has 2 N–H and O–H groups in total. The summed E-state index contributed by atoms with van der Waals surface area (Å²) in [5.74, 6) is 1.03. The molecule has 156 valence electrons. The number of amides is 2. The van der Waals surface area contributed by atoms with Crippen LogP contribution in [0.4, 0.5) is 10.8 Å². The van der Waals surface area contributed by atoms with Crippen molar-refractivity contribution in [1.82, 2.24) is 4.98 Å². The van der Waals surface area contributed by atoms with E-state index in [0.29, 0.717) is 23.0 Å². The van der Waals surface area contributed by atoms with Crippen molar-refractivity contribution >= 4 is 50.3 Å². The molecule has 0 saturated heterocycles. The highest BCUT2D eigenvalue weighted by Crippen LogP contribution is 2.28. The molecule has 2 amide bonds. The Kier molecular flexibility index (Phi) is 6.24. The number of anilines is 2. The maximum Gasteiger partial charge on any atom is 0.248 e. The van der Waals surface area contributed by atoms with E-state index in [-0.39, 0.29) is 11.8 Å². The molecule has 2 heterocycles. The molecule has 0 bridgehead atoms. The Morgan fingerprint density at radius 2 is 1.90 bits per heavy atom. The molecular formula is C24H21N3O3S. The highest BCUT2D eigenvalue weighted by atomic mass is 32.1. The van der Waals surface area contributed by atoms with Crippen molar-refractivity contribution in [2.24, 2.45) is 0 Å². The van der Waals surface area contributed by atoms with Gasteiger partial charge < -0.3 is 15.1 Å². The van der Waals surface area contributed by atoms with E-state index < -0.39 is 0 Å². The molecule has 7 heteroatoms. The van der Waals surface area contributed by atoms with Crippen LogP contribution in [0.25, 0.3) is 27.6 Å². The number of hydrogen-bond acceptors (Lipinski definition) is 5. The number of fused-ring (bicyclic) bond motifs is 1. The summed E-state index contributed by atoms with van der Waals surface area (Å²) in [7, 11) is 0. The van der Waals surface area contributed by atoms with Gasteiger partial charge in [-0.3, -0.25) is 9.59 Å². The third-order valence-corrected chi connectivity index (χ3v) is 5.40. The van der Waals surface area contributed by atoms with Crippen molar-refractivity contribution < 1.29 is 14.0 Å². The second-order valence-corrected chi connectivity index (χ2v) is 7.92. The van der Waals surface area contributed by atoms with E-state index >= 15 is 0 Å². The Hall–Kier alpha value is -3.71. The fraction of sp³-hybridized carbons (Fsp3) is 0.125. The molecule has 0 spiro atoms. The Bertz CT molecular complexity index is 1240. The molecule has 0 saturated carbocycles. The van der Waals surface area contributed by atoms with Gasteiger partial charge in [0, 0.05) is 23.7 Å². The zero-order chi connectivity index (χ0) is 21.6. The summed E-state index contributed by atoms with van der Waals surface area (Å²) in [6.07, 6.45) is 4.31. The highest BCUT2D eigenvalue weighted by Gasteiger charge is 2.09. The number of carbonyl (C=O) groups excluding carboxylic acids is 2. The van der Waals surface area contributed by atoms with Crippen molar-refractivity contribution in [1.29, 1.82) is 0 Å². The lowest BCUT2D eigenvalue weighted by Gasteiger charge is -2.01. The summed E-state index contributed by atoms with van der Waals surface area (Å²) in [5.41, 5.74) is 2.41. The maximum atomic E-state index is 12.3. The average molecular weight is 432 g/mol. The van der Waals surface area contributed by atoms with Crippen LogP contribution in [-0.4, -0.2) is 16.8 Å². The summed E-state index contributed by atoms with van der Waals surface area (Å²) >= 11 is 1.38. The topological polar surface area (TPSA) is 84.2 Å². The van der Waals surface area contributed by atoms with E-state index in [4.69, 9.17) is 4.42 Å². The molecule has 0 atom stereocenters. The lowest BCUT2D eigenvalue weighted by Crippen LogP contribution is -2.09. The van der Waals surface area contributed by atoms with Crippen LogP contribution in [0.2, 0.25) is 0 Å². The van der Waals surface area contributed by atoms with Crippen LogP contribution in [0, 0.1) is 0 Å². The standard InChI is InChI=1S/C24H21N3O3S/c1-2-6-22(28)27-24-26-19-12-9-17(15-21(19)31-24)25-23(29)14-11-18-10-13-20(30-18)16-7-4-3-5-8-16/h3-5,7-15H,2,6H2,1H3,(H,25,29)(H,26,27,28)/b14-11+. The fourth-order valence-electron chi connectivity index (χ4n) is 3.01. The Morgan fingerprint density at radius 1 is 1.06 bits per heavy atom.